The van der Waals surface area contributed by atoms with Gasteiger partial charge in [0.25, 0.3) is 0 Å². The maximum atomic E-state index is 5.69. The van der Waals surface area contributed by atoms with Crippen molar-refractivity contribution in [2.24, 2.45) is 4.99 Å². The molecular weight excluding hydrogens is 296 g/mol. The van der Waals surface area contributed by atoms with E-state index >= 15 is 0 Å². The van der Waals surface area contributed by atoms with Crippen molar-refractivity contribution in [1.82, 2.24) is 4.90 Å². The SMILES string of the molecule is CSC1=NC(=S)C(c2ccccc2)(c2ccccc2)N1C. The molecule has 2 nitrogen and oxygen atoms in total. The van der Waals surface area contributed by atoms with Crippen LogP contribution in [0.5, 0.6) is 0 Å². The summed E-state index contributed by atoms with van der Waals surface area (Å²) in [6.45, 7) is 0. The number of nitrogens with zero attached hydrogens (tertiary/aromatic N) is 2. The molecule has 0 unspecified atom stereocenters. The van der Waals surface area contributed by atoms with E-state index in [9.17, 15) is 0 Å². The molecule has 1 aliphatic rings. The van der Waals surface area contributed by atoms with Gasteiger partial charge in [0, 0.05) is 7.05 Å². The lowest BCUT2D eigenvalue weighted by Gasteiger charge is -2.38. The predicted octanol–water partition coefficient (Wildman–Crippen LogP) is 3.92. The van der Waals surface area contributed by atoms with Crippen molar-refractivity contribution in [3.05, 3.63) is 71.8 Å². The number of likely N-dealkylation sites (N-methyl/N-ethyl adjacent to an activating group) is 1. The quantitative estimate of drug-likeness (QED) is 0.782. The molecule has 0 N–H and O–H groups in total. The fourth-order valence-corrected chi connectivity index (χ4v) is 3.98. The summed E-state index contributed by atoms with van der Waals surface area (Å²) in [5.74, 6) is 0. The third-order valence-corrected chi connectivity index (χ3v) is 4.98. The zero-order valence-corrected chi connectivity index (χ0v) is 13.6. The summed E-state index contributed by atoms with van der Waals surface area (Å²) in [6.07, 6.45) is 2.03. The summed E-state index contributed by atoms with van der Waals surface area (Å²) < 4.78 is 0. The van der Waals surface area contributed by atoms with Crippen molar-refractivity contribution in [2.75, 3.05) is 13.3 Å². The van der Waals surface area contributed by atoms with Crippen LogP contribution in [0.1, 0.15) is 11.1 Å². The molecule has 3 rings (SSSR count). The van der Waals surface area contributed by atoms with E-state index in [1.54, 1.807) is 11.8 Å². The molecule has 0 aliphatic carbocycles. The van der Waals surface area contributed by atoms with E-state index in [0.29, 0.717) is 4.99 Å². The first-order chi connectivity index (χ1) is 10.2. The zero-order valence-electron chi connectivity index (χ0n) is 12.0. The van der Waals surface area contributed by atoms with Gasteiger partial charge in [-0.15, -0.1) is 0 Å². The molecular formula is C17H16N2S2. The zero-order chi connectivity index (χ0) is 14.9. The molecule has 1 aliphatic heterocycles. The van der Waals surface area contributed by atoms with E-state index in [4.69, 9.17) is 12.2 Å². The summed E-state index contributed by atoms with van der Waals surface area (Å²) in [5.41, 5.74) is 1.81. The van der Waals surface area contributed by atoms with E-state index < -0.39 is 5.54 Å². The van der Waals surface area contributed by atoms with Gasteiger partial charge in [-0.3, -0.25) is 0 Å². The maximum absolute atomic E-state index is 5.69. The second-order valence-electron chi connectivity index (χ2n) is 4.91. The van der Waals surface area contributed by atoms with Gasteiger partial charge in [-0.05, 0) is 17.4 Å². The van der Waals surface area contributed by atoms with Gasteiger partial charge in [-0.2, -0.15) is 0 Å². The molecule has 0 spiro atoms. The fourth-order valence-electron chi connectivity index (χ4n) is 2.87. The first-order valence-electron chi connectivity index (χ1n) is 6.73. The number of hydrogen-bond donors (Lipinski definition) is 0. The standard InChI is InChI=1S/C17H16N2S2/c1-19-16(21-2)18-15(20)17(19,13-9-5-3-6-10-13)14-11-7-4-8-12-14/h3-12H,1-2H3. The van der Waals surface area contributed by atoms with E-state index in [1.807, 2.05) is 42.7 Å². The third kappa shape index (κ3) is 2.10. The first kappa shape index (κ1) is 14.3. The Balaban J connectivity index is 2.26. The van der Waals surface area contributed by atoms with Gasteiger partial charge in [0.15, 0.2) is 5.17 Å². The molecule has 106 valence electrons. The van der Waals surface area contributed by atoms with Gasteiger partial charge < -0.3 is 4.90 Å². The summed E-state index contributed by atoms with van der Waals surface area (Å²) in [7, 11) is 2.06. The van der Waals surface area contributed by atoms with Crippen LogP contribution in [0.15, 0.2) is 65.7 Å². The highest BCUT2D eigenvalue weighted by Crippen LogP contribution is 2.42. The monoisotopic (exact) mass is 312 g/mol. The van der Waals surface area contributed by atoms with Gasteiger partial charge in [0.1, 0.15) is 10.5 Å². The summed E-state index contributed by atoms with van der Waals surface area (Å²) in [4.78, 5) is 7.52. The van der Waals surface area contributed by atoms with Crippen LogP contribution < -0.4 is 0 Å². The van der Waals surface area contributed by atoms with Crippen LogP contribution in [0.4, 0.5) is 0 Å². The number of thiocarbonyl (C=S) groups is 1. The van der Waals surface area contributed by atoms with E-state index in [0.717, 1.165) is 16.3 Å². The summed E-state index contributed by atoms with van der Waals surface area (Å²) in [5, 5.41) is 0.952. The maximum Gasteiger partial charge on any atom is 0.165 e. The molecule has 2 aromatic carbocycles. The van der Waals surface area contributed by atoms with E-state index in [-0.39, 0.29) is 0 Å². The highest BCUT2D eigenvalue weighted by molar-refractivity contribution is 8.13. The number of benzene rings is 2. The van der Waals surface area contributed by atoms with Crippen LogP contribution in [0.2, 0.25) is 0 Å². The Morgan fingerprint density at radius 1 is 0.952 bits per heavy atom. The minimum absolute atomic E-state index is 0.490. The van der Waals surface area contributed by atoms with E-state index in [2.05, 4.69) is 41.2 Å². The predicted molar refractivity (Wildman–Crippen MR) is 95.0 cm³/mol. The lowest BCUT2D eigenvalue weighted by Crippen LogP contribution is -2.46. The van der Waals surface area contributed by atoms with Crippen molar-refractivity contribution < 1.29 is 0 Å². The Morgan fingerprint density at radius 2 is 1.43 bits per heavy atom. The fraction of sp³-hybridized carbons (Fsp3) is 0.176. The largest absolute Gasteiger partial charge is 0.334 e. The molecule has 4 heteroatoms. The van der Waals surface area contributed by atoms with Crippen molar-refractivity contribution in [3.8, 4) is 0 Å². The molecule has 0 radical (unpaired) electrons. The minimum atomic E-state index is -0.490. The third-order valence-electron chi connectivity index (χ3n) is 3.86. The number of hydrogen-bond acceptors (Lipinski definition) is 3. The lowest BCUT2D eigenvalue weighted by molar-refractivity contribution is 0.378. The Morgan fingerprint density at radius 3 is 1.81 bits per heavy atom. The summed E-state index contributed by atoms with van der Waals surface area (Å²) >= 11 is 7.32. The molecule has 0 saturated heterocycles. The van der Waals surface area contributed by atoms with Crippen LogP contribution in [-0.4, -0.2) is 28.4 Å². The first-order valence-corrected chi connectivity index (χ1v) is 8.36. The van der Waals surface area contributed by atoms with Gasteiger partial charge in [-0.25, -0.2) is 4.99 Å². The molecule has 21 heavy (non-hydrogen) atoms. The summed E-state index contributed by atoms with van der Waals surface area (Å²) in [6, 6.07) is 20.7. The Bertz CT molecular complexity index is 641. The number of aliphatic imine (C=N–C) groups is 1. The van der Waals surface area contributed by atoms with Crippen LogP contribution in [0.3, 0.4) is 0 Å². The Labute approximate surface area is 134 Å². The average molecular weight is 312 g/mol. The highest BCUT2D eigenvalue weighted by atomic mass is 32.2. The van der Waals surface area contributed by atoms with Crippen LogP contribution in [0.25, 0.3) is 0 Å². The van der Waals surface area contributed by atoms with Crippen molar-refractivity contribution in [2.45, 2.75) is 5.54 Å². The Hall–Kier alpha value is -1.65. The minimum Gasteiger partial charge on any atom is -0.334 e. The van der Waals surface area contributed by atoms with Crippen molar-refractivity contribution >= 4 is 34.1 Å². The van der Waals surface area contributed by atoms with Crippen LogP contribution in [0, 0.1) is 0 Å². The normalized spacial score (nSPS) is 17.0. The molecule has 2 aromatic rings. The van der Waals surface area contributed by atoms with Gasteiger partial charge in [-0.1, -0.05) is 84.6 Å². The van der Waals surface area contributed by atoms with Crippen molar-refractivity contribution in [3.63, 3.8) is 0 Å². The topological polar surface area (TPSA) is 15.6 Å². The van der Waals surface area contributed by atoms with Crippen LogP contribution >= 0.6 is 24.0 Å². The Kier molecular flexibility index (Phi) is 3.83. The van der Waals surface area contributed by atoms with Gasteiger partial charge in [0.2, 0.25) is 0 Å². The highest BCUT2D eigenvalue weighted by Gasteiger charge is 2.48. The molecule has 1 heterocycles. The molecule has 0 saturated carbocycles. The average Bonchev–Trinajstić information content (AvgIpc) is 2.80. The van der Waals surface area contributed by atoms with Gasteiger partial charge >= 0.3 is 0 Å². The molecule has 0 bridgehead atoms. The lowest BCUT2D eigenvalue weighted by atomic mass is 9.82. The molecule has 0 aromatic heterocycles. The van der Waals surface area contributed by atoms with Gasteiger partial charge in [0.05, 0.1) is 0 Å². The second-order valence-corrected chi connectivity index (χ2v) is 6.07. The second kappa shape index (κ2) is 5.62. The molecule has 0 amide bonds. The van der Waals surface area contributed by atoms with Crippen LogP contribution in [-0.2, 0) is 5.54 Å². The van der Waals surface area contributed by atoms with Crippen molar-refractivity contribution in [1.29, 1.82) is 0 Å². The number of thioether (sulfide) groups is 1. The molecule has 0 fully saturated rings. The smallest absolute Gasteiger partial charge is 0.165 e. The van der Waals surface area contributed by atoms with E-state index in [1.165, 1.54) is 0 Å². The number of amidine groups is 1. The number of rotatable bonds is 2. The molecule has 0 atom stereocenters.